The fraction of sp³-hybridized carbons (Fsp3) is 0.583. The van der Waals surface area contributed by atoms with Gasteiger partial charge in [0.05, 0.1) is 12.2 Å². The van der Waals surface area contributed by atoms with E-state index in [9.17, 15) is 4.79 Å². The van der Waals surface area contributed by atoms with E-state index in [1.165, 1.54) is 5.56 Å². The van der Waals surface area contributed by atoms with Crippen LogP contribution < -0.4 is 0 Å². The van der Waals surface area contributed by atoms with Crippen molar-refractivity contribution in [2.75, 3.05) is 13.1 Å². The molecule has 1 aromatic rings. The lowest BCUT2D eigenvalue weighted by atomic mass is 9.87. The maximum atomic E-state index is 10.8. The van der Waals surface area contributed by atoms with Gasteiger partial charge < -0.3 is 9.52 Å². The molecule has 1 saturated heterocycles. The quantitative estimate of drug-likeness (QED) is 0.825. The van der Waals surface area contributed by atoms with Crippen LogP contribution in [-0.2, 0) is 11.2 Å². The molecule has 1 unspecified atom stereocenters. The van der Waals surface area contributed by atoms with Crippen molar-refractivity contribution in [1.82, 2.24) is 4.90 Å². The second-order valence-corrected chi connectivity index (χ2v) is 4.70. The fourth-order valence-electron chi connectivity index (χ4n) is 2.76. The predicted octanol–water partition coefficient (Wildman–Crippen LogP) is 1.67. The van der Waals surface area contributed by atoms with Gasteiger partial charge in [0.1, 0.15) is 5.76 Å². The fourth-order valence-corrected chi connectivity index (χ4v) is 2.76. The zero-order chi connectivity index (χ0) is 11.1. The monoisotopic (exact) mass is 221 g/mol. The molecule has 16 heavy (non-hydrogen) atoms. The third-order valence-electron chi connectivity index (χ3n) is 3.72. The van der Waals surface area contributed by atoms with E-state index in [1.807, 2.05) is 6.07 Å². The second kappa shape index (κ2) is 3.63. The number of fused-ring (bicyclic) bond motifs is 1. The first-order chi connectivity index (χ1) is 7.75. The number of furan rings is 1. The highest BCUT2D eigenvalue weighted by atomic mass is 16.4. The second-order valence-electron chi connectivity index (χ2n) is 4.70. The van der Waals surface area contributed by atoms with Gasteiger partial charge in [-0.25, -0.2) is 0 Å². The Morgan fingerprint density at radius 2 is 2.31 bits per heavy atom. The predicted molar refractivity (Wildman–Crippen MR) is 57.1 cm³/mol. The van der Waals surface area contributed by atoms with Gasteiger partial charge in [-0.2, -0.15) is 0 Å². The molecule has 0 spiro atoms. The molecule has 0 amide bonds. The topological polar surface area (TPSA) is 53.7 Å². The number of aryl methyl sites for hydroxylation is 1. The molecular weight excluding hydrogens is 206 g/mol. The van der Waals surface area contributed by atoms with E-state index in [2.05, 4.69) is 4.90 Å². The molecule has 0 saturated carbocycles. The highest BCUT2D eigenvalue weighted by Gasteiger charge is 2.39. The van der Waals surface area contributed by atoms with E-state index >= 15 is 0 Å². The third-order valence-corrected chi connectivity index (χ3v) is 3.72. The molecule has 1 aromatic heterocycles. The van der Waals surface area contributed by atoms with Crippen molar-refractivity contribution in [3.05, 3.63) is 23.7 Å². The molecule has 86 valence electrons. The maximum Gasteiger partial charge on any atom is 0.309 e. The molecule has 1 fully saturated rings. The molecule has 4 nitrogen and oxygen atoms in total. The smallest absolute Gasteiger partial charge is 0.309 e. The van der Waals surface area contributed by atoms with Gasteiger partial charge in [0.15, 0.2) is 0 Å². The van der Waals surface area contributed by atoms with Crippen LogP contribution in [0.5, 0.6) is 0 Å². The van der Waals surface area contributed by atoms with Crippen molar-refractivity contribution in [1.29, 1.82) is 0 Å². The Labute approximate surface area is 93.8 Å². The van der Waals surface area contributed by atoms with Crippen molar-refractivity contribution in [2.24, 2.45) is 5.92 Å². The van der Waals surface area contributed by atoms with E-state index < -0.39 is 5.97 Å². The minimum Gasteiger partial charge on any atom is -0.481 e. The highest BCUT2D eigenvalue weighted by Crippen LogP contribution is 2.38. The Morgan fingerprint density at radius 3 is 3.06 bits per heavy atom. The zero-order valence-corrected chi connectivity index (χ0v) is 9.06. The summed E-state index contributed by atoms with van der Waals surface area (Å²) in [6.07, 6.45) is 5.03. The first kappa shape index (κ1) is 9.90. The third kappa shape index (κ3) is 1.45. The Morgan fingerprint density at radius 1 is 1.50 bits per heavy atom. The normalized spacial score (nSPS) is 26.1. The zero-order valence-electron chi connectivity index (χ0n) is 9.06. The van der Waals surface area contributed by atoms with Gasteiger partial charge in [-0.15, -0.1) is 0 Å². The van der Waals surface area contributed by atoms with Crippen molar-refractivity contribution >= 4 is 5.97 Å². The standard InChI is InChI=1S/C12H15NO3/c14-12(15)8-6-13(7-8)10-2-1-3-11-9(10)4-5-16-11/h4-5,8,10H,1-3,6-7H2,(H,14,15). The highest BCUT2D eigenvalue weighted by molar-refractivity contribution is 5.71. The van der Waals surface area contributed by atoms with E-state index in [0.717, 1.165) is 25.0 Å². The lowest BCUT2D eigenvalue weighted by Gasteiger charge is -2.43. The van der Waals surface area contributed by atoms with E-state index in [1.54, 1.807) is 6.26 Å². The average Bonchev–Trinajstić information content (AvgIpc) is 2.63. The van der Waals surface area contributed by atoms with Crippen LogP contribution in [0.4, 0.5) is 0 Å². The summed E-state index contributed by atoms with van der Waals surface area (Å²) in [4.78, 5) is 13.0. The van der Waals surface area contributed by atoms with Crippen molar-refractivity contribution in [3.8, 4) is 0 Å². The first-order valence-electron chi connectivity index (χ1n) is 5.79. The molecule has 1 aliphatic carbocycles. The van der Waals surface area contributed by atoms with Gasteiger partial charge in [-0.1, -0.05) is 0 Å². The summed E-state index contributed by atoms with van der Waals surface area (Å²) in [5.41, 5.74) is 1.27. The lowest BCUT2D eigenvalue weighted by Crippen LogP contribution is -2.52. The number of rotatable bonds is 2. The van der Waals surface area contributed by atoms with Crippen LogP contribution in [0.1, 0.15) is 30.2 Å². The summed E-state index contributed by atoms with van der Waals surface area (Å²) in [7, 11) is 0. The molecular formula is C12H15NO3. The van der Waals surface area contributed by atoms with Crippen molar-refractivity contribution < 1.29 is 14.3 Å². The van der Waals surface area contributed by atoms with Gasteiger partial charge in [0, 0.05) is 31.1 Å². The van der Waals surface area contributed by atoms with Crippen LogP contribution in [0.2, 0.25) is 0 Å². The summed E-state index contributed by atoms with van der Waals surface area (Å²) in [6, 6.07) is 2.42. The molecule has 0 aromatic carbocycles. The minimum absolute atomic E-state index is 0.169. The number of likely N-dealkylation sites (tertiary alicyclic amines) is 1. The number of nitrogens with zero attached hydrogens (tertiary/aromatic N) is 1. The Bertz CT molecular complexity index is 406. The molecule has 2 aliphatic rings. The number of aliphatic carboxylic acids is 1. The van der Waals surface area contributed by atoms with Crippen LogP contribution in [0.15, 0.2) is 16.7 Å². The van der Waals surface area contributed by atoms with E-state index in [4.69, 9.17) is 9.52 Å². The number of carboxylic acid groups (broad SMARTS) is 1. The van der Waals surface area contributed by atoms with Crippen LogP contribution in [-0.4, -0.2) is 29.1 Å². The summed E-state index contributed by atoms with van der Waals surface area (Å²) >= 11 is 0. The van der Waals surface area contributed by atoms with Crippen molar-refractivity contribution in [3.63, 3.8) is 0 Å². The molecule has 1 atom stereocenters. The summed E-state index contributed by atoms with van der Waals surface area (Å²) in [5.74, 6) is 0.256. The Kier molecular flexibility index (Phi) is 2.24. The van der Waals surface area contributed by atoms with Crippen LogP contribution >= 0.6 is 0 Å². The SMILES string of the molecule is O=C(O)C1CN(C2CCCc3occc32)C1. The molecule has 3 rings (SSSR count). The van der Waals surface area contributed by atoms with Crippen molar-refractivity contribution in [2.45, 2.75) is 25.3 Å². The Balaban J connectivity index is 1.72. The molecule has 0 radical (unpaired) electrons. The van der Waals surface area contributed by atoms with Gasteiger partial charge in [-0.05, 0) is 18.9 Å². The molecule has 4 heteroatoms. The number of hydrogen-bond donors (Lipinski definition) is 1. The average molecular weight is 221 g/mol. The van der Waals surface area contributed by atoms with E-state index in [0.29, 0.717) is 19.1 Å². The number of carbonyl (C=O) groups is 1. The van der Waals surface area contributed by atoms with Crippen LogP contribution in [0.3, 0.4) is 0 Å². The Hall–Kier alpha value is -1.29. The van der Waals surface area contributed by atoms with E-state index in [-0.39, 0.29) is 5.92 Å². The summed E-state index contributed by atoms with van der Waals surface area (Å²) in [5, 5.41) is 8.86. The van der Waals surface area contributed by atoms with Gasteiger partial charge in [0.2, 0.25) is 0 Å². The summed E-state index contributed by atoms with van der Waals surface area (Å²) < 4.78 is 5.44. The minimum atomic E-state index is -0.667. The molecule has 1 N–H and O–H groups in total. The lowest BCUT2D eigenvalue weighted by molar-refractivity contribution is -0.149. The molecule has 1 aliphatic heterocycles. The van der Waals surface area contributed by atoms with Gasteiger partial charge in [-0.3, -0.25) is 9.69 Å². The van der Waals surface area contributed by atoms with Gasteiger partial charge >= 0.3 is 5.97 Å². The number of carboxylic acids is 1. The van der Waals surface area contributed by atoms with Gasteiger partial charge in [0.25, 0.3) is 0 Å². The summed E-state index contributed by atoms with van der Waals surface area (Å²) in [6.45, 7) is 1.37. The largest absolute Gasteiger partial charge is 0.481 e. The van der Waals surface area contributed by atoms with Crippen LogP contribution in [0.25, 0.3) is 0 Å². The maximum absolute atomic E-state index is 10.8. The number of hydrogen-bond acceptors (Lipinski definition) is 3. The first-order valence-corrected chi connectivity index (χ1v) is 5.79. The molecule has 0 bridgehead atoms. The van der Waals surface area contributed by atoms with Crippen LogP contribution in [0, 0.1) is 5.92 Å². The molecule has 2 heterocycles.